The highest BCUT2D eigenvalue weighted by molar-refractivity contribution is 7.08. The van der Waals surface area contributed by atoms with E-state index in [1.807, 2.05) is 0 Å². The molecule has 1 saturated carbocycles. The van der Waals surface area contributed by atoms with Crippen molar-refractivity contribution in [3.8, 4) is 0 Å². The van der Waals surface area contributed by atoms with Gasteiger partial charge in [-0.15, -0.1) is 0 Å². The lowest BCUT2D eigenvalue weighted by molar-refractivity contribution is -0.127. The molecule has 1 aromatic heterocycles. The molecule has 36 heavy (non-hydrogen) atoms. The Hall–Kier alpha value is -2.65. The molecule has 3 heteroatoms. The van der Waals surface area contributed by atoms with Crippen LogP contribution >= 0.6 is 11.3 Å². The van der Waals surface area contributed by atoms with Crippen molar-refractivity contribution in [1.82, 2.24) is 5.32 Å². The van der Waals surface area contributed by atoms with Gasteiger partial charge in [0, 0.05) is 6.42 Å². The van der Waals surface area contributed by atoms with Gasteiger partial charge in [0.05, 0.1) is 11.5 Å². The van der Waals surface area contributed by atoms with Crippen LogP contribution in [0.3, 0.4) is 0 Å². The summed E-state index contributed by atoms with van der Waals surface area (Å²) in [6.07, 6.45) is 9.45. The van der Waals surface area contributed by atoms with Crippen LogP contribution in [-0.2, 0) is 23.2 Å². The molecule has 2 fully saturated rings. The van der Waals surface area contributed by atoms with E-state index in [2.05, 4.69) is 91.1 Å². The van der Waals surface area contributed by atoms with Crippen molar-refractivity contribution < 1.29 is 4.79 Å². The van der Waals surface area contributed by atoms with Crippen LogP contribution in [0.15, 0.2) is 77.5 Å². The minimum atomic E-state index is -0.555. The third kappa shape index (κ3) is 5.09. The average molecular weight is 498 g/mol. The van der Waals surface area contributed by atoms with Gasteiger partial charge in [0.15, 0.2) is 0 Å². The number of amides is 1. The maximum atomic E-state index is 13.7. The molecule has 1 aliphatic carbocycles. The molecule has 3 unspecified atom stereocenters. The Bertz CT molecular complexity index is 1190. The number of hydrogen-bond donors (Lipinski definition) is 1. The normalized spacial score (nSPS) is 23.9. The monoisotopic (exact) mass is 497 g/mol. The Balaban J connectivity index is 1.42. The van der Waals surface area contributed by atoms with Crippen molar-refractivity contribution in [1.29, 1.82) is 0 Å². The maximum Gasteiger partial charge on any atom is 0.228 e. The summed E-state index contributed by atoms with van der Waals surface area (Å²) in [6.45, 7) is 9.02. The van der Waals surface area contributed by atoms with E-state index in [4.69, 9.17) is 0 Å². The fraction of sp³-hybridized carbons (Fsp3) is 0.424. The number of nitrogens with one attached hydrogen (secondary N) is 1. The van der Waals surface area contributed by atoms with E-state index in [1.54, 1.807) is 11.3 Å². The number of carbonyl (C=O) groups excluding carboxylic acids is 1. The lowest BCUT2D eigenvalue weighted by Gasteiger charge is -2.43. The predicted molar refractivity (Wildman–Crippen MR) is 151 cm³/mol. The second-order valence-corrected chi connectivity index (χ2v) is 12.0. The first kappa shape index (κ1) is 25.0. The molecule has 1 saturated heterocycles. The fourth-order valence-corrected chi connectivity index (χ4v) is 7.24. The van der Waals surface area contributed by atoms with Gasteiger partial charge in [-0.25, -0.2) is 0 Å². The van der Waals surface area contributed by atoms with E-state index in [0.717, 1.165) is 29.9 Å². The fourth-order valence-electron chi connectivity index (χ4n) is 6.51. The minimum absolute atomic E-state index is 0.0849. The lowest BCUT2D eigenvalue weighted by atomic mass is 9.71. The van der Waals surface area contributed by atoms with Crippen LogP contribution in [0.25, 0.3) is 0 Å². The molecule has 2 aromatic carbocycles. The van der Waals surface area contributed by atoms with Crippen LogP contribution in [0, 0.1) is 24.7 Å². The smallest absolute Gasteiger partial charge is 0.228 e. The number of aryl methyl sites for hydroxylation is 1. The van der Waals surface area contributed by atoms with E-state index in [1.165, 1.54) is 54.4 Å². The number of thiophene rings is 1. The Labute approximate surface area is 220 Å². The van der Waals surface area contributed by atoms with Gasteiger partial charge in [0.25, 0.3) is 0 Å². The van der Waals surface area contributed by atoms with E-state index in [0.29, 0.717) is 12.3 Å². The highest BCUT2D eigenvalue weighted by Gasteiger charge is 2.44. The summed E-state index contributed by atoms with van der Waals surface area (Å²) in [6, 6.07) is 19.5. The molecular weight excluding hydrogens is 458 g/mol. The number of carbonyl (C=O) groups is 1. The molecule has 188 valence electrons. The quantitative estimate of drug-likeness (QED) is 0.329. The van der Waals surface area contributed by atoms with Gasteiger partial charge in [-0.05, 0) is 76.2 Å². The summed E-state index contributed by atoms with van der Waals surface area (Å²) in [5.74, 6) is 1.41. The molecule has 0 spiro atoms. The van der Waals surface area contributed by atoms with Crippen molar-refractivity contribution in [2.24, 2.45) is 17.8 Å². The average Bonchev–Trinajstić information content (AvgIpc) is 3.44. The number of piperidine rings is 1. The number of hydrogen-bond acceptors (Lipinski definition) is 2. The van der Waals surface area contributed by atoms with Crippen molar-refractivity contribution >= 4 is 17.2 Å². The standard InChI is InChI=1S/C33H39NOS/c1-23-10-7-8-14-28(23)20-31-25(3)21-33(34-32(31)35,30-16-17-36-22-30)29-15-9-11-26(19-29)18-24(2)27-12-5-4-6-13-27/h7-11,14-17,19,22,24,27,31H,3-6,12-13,18,20-21H2,1-2H3,(H,34,35). The van der Waals surface area contributed by atoms with Crippen LogP contribution in [0.4, 0.5) is 0 Å². The van der Waals surface area contributed by atoms with Gasteiger partial charge in [0.1, 0.15) is 0 Å². The summed E-state index contributed by atoms with van der Waals surface area (Å²) in [5.41, 5.74) is 6.64. The largest absolute Gasteiger partial charge is 0.342 e. The van der Waals surface area contributed by atoms with Crippen LogP contribution in [0.1, 0.15) is 73.3 Å². The van der Waals surface area contributed by atoms with Gasteiger partial charge >= 0.3 is 0 Å². The first-order valence-electron chi connectivity index (χ1n) is 13.6. The second-order valence-electron chi connectivity index (χ2n) is 11.2. The second kappa shape index (κ2) is 10.8. The van der Waals surface area contributed by atoms with E-state index < -0.39 is 5.54 Å². The van der Waals surface area contributed by atoms with Crippen molar-refractivity contribution in [3.05, 3.63) is 105 Å². The highest BCUT2D eigenvalue weighted by atomic mass is 32.1. The molecule has 0 bridgehead atoms. The van der Waals surface area contributed by atoms with Crippen molar-refractivity contribution in [2.75, 3.05) is 0 Å². The molecule has 2 heterocycles. The van der Waals surface area contributed by atoms with Gasteiger partial charge in [0.2, 0.25) is 5.91 Å². The molecule has 3 aromatic rings. The lowest BCUT2D eigenvalue weighted by Crippen LogP contribution is -2.54. The minimum Gasteiger partial charge on any atom is -0.342 e. The van der Waals surface area contributed by atoms with Gasteiger partial charge in [-0.2, -0.15) is 11.3 Å². The predicted octanol–water partition coefficient (Wildman–Crippen LogP) is 7.99. The number of benzene rings is 2. The van der Waals surface area contributed by atoms with E-state index in [-0.39, 0.29) is 11.8 Å². The topological polar surface area (TPSA) is 29.1 Å². The van der Waals surface area contributed by atoms with Crippen LogP contribution in [0.2, 0.25) is 0 Å². The molecular formula is C33H39NOS. The molecule has 5 rings (SSSR count). The van der Waals surface area contributed by atoms with Gasteiger partial charge in [-0.1, -0.05) is 99.7 Å². The molecule has 1 aliphatic heterocycles. The van der Waals surface area contributed by atoms with Gasteiger partial charge in [-0.3, -0.25) is 4.79 Å². The Kier molecular flexibility index (Phi) is 7.48. The Morgan fingerprint density at radius 1 is 1.06 bits per heavy atom. The van der Waals surface area contributed by atoms with Crippen molar-refractivity contribution in [3.63, 3.8) is 0 Å². The van der Waals surface area contributed by atoms with E-state index in [9.17, 15) is 4.79 Å². The van der Waals surface area contributed by atoms with Crippen LogP contribution in [0.5, 0.6) is 0 Å². The third-order valence-electron chi connectivity index (χ3n) is 8.77. The zero-order chi connectivity index (χ0) is 25.1. The summed E-state index contributed by atoms with van der Waals surface area (Å²) >= 11 is 1.69. The Morgan fingerprint density at radius 2 is 1.86 bits per heavy atom. The molecule has 3 atom stereocenters. The summed E-state index contributed by atoms with van der Waals surface area (Å²) in [5, 5.41) is 7.82. The van der Waals surface area contributed by atoms with Gasteiger partial charge < -0.3 is 5.32 Å². The molecule has 2 aliphatic rings. The molecule has 0 radical (unpaired) electrons. The molecule has 1 amide bonds. The summed E-state index contributed by atoms with van der Waals surface area (Å²) in [4.78, 5) is 13.7. The molecule has 1 N–H and O–H groups in total. The van der Waals surface area contributed by atoms with Crippen LogP contribution < -0.4 is 5.32 Å². The summed E-state index contributed by atoms with van der Waals surface area (Å²) < 4.78 is 0. The maximum absolute atomic E-state index is 13.7. The highest BCUT2D eigenvalue weighted by Crippen LogP contribution is 2.43. The first-order valence-corrected chi connectivity index (χ1v) is 14.6. The van der Waals surface area contributed by atoms with Crippen LogP contribution in [-0.4, -0.2) is 5.91 Å². The van der Waals surface area contributed by atoms with Crippen molar-refractivity contribution in [2.45, 2.75) is 70.8 Å². The number of rotatable bonds is 7. The summed E-state index contributed by atoms with van der Waals surface area (Å²) in [7, 11) is 0. The first-order chi connectivity index (χ1) is 17.5. The third-order valence-corrected chi connectivity index (χ3v) is 9.45. The van der Waals surface area contributed by atoms with E-state index >= 15 is 0 Å². The Morgan fingerprint density at radius 3 is 2.58 bits per heavy atom. The molecule has 2 nitrogen and oxygen atoms in total. The zero-order valence-electron chi connectivity index (χ0n) is 21.8. The zero-order valence-corrected chi connectivity index (χ0v) is 22.6. The SMILES string of the molecule is C=C1CC(c2ccsc2)(c2cccc(CC(C)C3CCCCC3)c2)NC(=O)C1Cc1ccccc1C.